The van der Waals surface area contributed by atoms with Crippen molar-refractivity contribution in [3.05, 3.63) is 66.4 Å². The first-order chi connectivity index (χ1) is 9.54. The summed E-state index contributed by atoms with van der Waals surface area (Å²) in [6, 6.07) is 19.2. The van der Waals surface area contributed by atoms with Crippen molar-refractivity contribution < 1.29 is 0 Å². The second-order valence-electron chi connectivity index (χ2n) is 6.24. The molecule has 0 spiro atoms. The molecule has 0 aliphatic carbocycles. The van der Waals surface area contributed by atoms with E-state index in [1.54, 1.807) is 0 Å². The van der Waals surface area contributed by atoms with Crippen LogP contribution in [-0.4, -0.2) is 4.98 Å². The van der Waals surface area contributed by atoms with E-state index in [2.05, 4.69) is 68.2 Å². The number of aromatic nitrogens is 1. The van der Waals surface area contributed by atoms with Crippen LogP contribution >= 0.6 is 0 Å². The van der Waals surface area contributed by atoms with E-state index in [4.69, 9.17) is 0 Å². The first kappa shape index (κ1) is 12.9. The molecule has 3 aromatic rings. The maximum absolute atomic E-state index is 4.53. The highest BCUT2D eigenvalue weighted by Crippen LogP contribution is 2.27. The predicted molar refractivity (Wildman–Crippen MR) is 85.9 cm³/mol. The van der Waals surface area contributed by atoms with Gasteiger partial charge in [0.25, 0.3) is 0 Å². The van der Waals surface area contributed by atoms with Gasteiger partial charge in [-0.05, 0) is 28.7 Å². The lowest BCUT2D eigenvalue weighted by Gasteiger charge is -2.19. The number of fused-ring (bicyclic) bond motifs is 1. The number of pyridine rings is 1. The molecule has 1 heterocycles. The number of nitrogens with zero attached hydrogens (tertiary/aromatic N) is 1. The van der Waals surface area contributed by atoms with Crippen molar-refractivity contribution in [3.63, 3.8) is 0 Å². The summed E-state index contributed by atoms with van der Waals surface area (Å²) in [7, 11) is 0. The van der Waals surface area contributed by atoms with E-state index in [0.717, 1.165) is 5.52 Å². The summed E-state index contributed by atoms with van der Waals surface area (Å²) in [5.41, 5.74) is 4.98. The minimum Gasteiger partial charge on any atom is -0.256 e. The standard InChI is InChI=1S/C19H19N/c1-19(2,3)17-10-8-14(9-11-17)16-12-15-6-4-5-7-18(15)20-13-16/h4-13H,1-3H3. The Hall–Kier alpha value is -2.15. The molecule has 0 atom stereocenters. The first-order valence-electron chi connectivity index (χ1n) is 7.00. The monoisotopic (exact) mass is 261 g/mol. The van der Waals surface area contributed by atoms with Gasteiger partial charge >= 0.3 is 0 Å². The number of rotatable bonds is 1. The second-order valence-corrected chi connectivity index (χ2v) is 6.24. The molecular weight excluding hydrogens is 242 g/mol. The fourth-order valence-corrected chi connectivity index (χ4v) is 2.39. The molecule has 0 radical (unpaired) electrons. The van der Waals surface area contributed by atoms with Gasteiger partial charge in [-0.1, -0.05) is 63.2 Å². The predicted octanol–water partition coefficient (Wildman–Crippen LogP) is 5.20. The van der Waals surface area contributed by atoms with Crippen LogP contribution in [0, 0.1) is 0 Å². The fraction of sp³-hybridized carbons (Fsp3) is 0.211. The number of benzene rings is 2. The van der Waals surface area contributed by atoms with Crippen molar-refractivity contribution in [1.82, 2.24) is 4.98 Å². The van der Waals surface area contributed by atoms with Gasteiger partial charge in [-0.15, -0.1) is 0 Å². The van der Waals surface area contributed by atoms with Crippen LogP contribution in [-0.2, 0) is 5.41 Å². The van der Waals surface area contributed by atoms with Gasteiger partial charge in [-0.25, -0.2) is 0 Å². The Labute approximate surface area is 120 Å². The molecule has 1 nitrogen and oxygen atoms in total. The number of hydrogen-bond donors (Lipinski definition) is 0. The van der Waals surface area contributed by atoms with E-state index in [0.29, 0.717) is 0 Å². The van der Waals surface area contributed by atoms with Crippen LogP contribution in [0.2, 0.25) is 0 Å². The average Bonchev–Trinajstić information content (AvgIpc) is 2.46. The normalized spacial score (nSPS) is 11.8. The van der Waals surface area contributed by atoms with Crippen LogP contribution in [0.3, 0.4) is 0 Å². The Morgan fingerprint density at radius 2 is 1.50 bits per heavy atom. The van der Waals surface area contributed by atoms with Gasteiger partial charge in [0.05, 0.1) is 5.52 Å². The summed E-state index contributed by atoms with van der Waals surface area (Å²) >= 11 is 0. The van der Waals surface area contributed by atoms with Gasteiger partial charge in [-0.2, -0.15) is 0 Å². The zero-order chi connectivity index (χ0) is 14.2. The van der Waals surface area contributed by atoms with E-state index < -0.39 is 0 Å². The molecule has 0 saturated carbocycles. The molecule has 1 heteroatoms. The highest BCUT2D eigenvalue weighted by Gasteiger charge is 2.13. The first-order valence-corrected chi connectivity index (χ1v) is 7.00. The molecular formula is C19H19N. The van der Waals surface area contributed by atoms with Crippen molar-refractivity contribution in [2.24, 2.45) is 0 Å². The van der Waals surface area contributed by atoms with Crippen LogP contribution in [0.25, 0.3) is 22.0 Å². The Bertz CT molecular complexity index is 734. The zero-order valence-corrected chi connectivity index (χ0v) is 12.2. The van der Waals surface area contributed by atoms with Crippen molar-refractivity contribution in [2.45, 2.75) is 26.2 Å². The highest BCUT2D eigenvalue weighted by atomic mass is 14.6. The molecule has 0 bridgehead atoms. The van der Waals surface area contributed by atoms with Crippen molar-refractivity contribution >= 4 is 10.9 Å². The summed E-state index contributed by atoms with van der Waals surface area (Å²) in [5.74, 6) is 0. The van der Waals surface area contributed by atoms with E-state index in [1.807, 2.05) is 18.3 Å². The molecule has 0 unspecified atom stereocenters. The topological polar surface area (TPSA) is 12.9 Å². The van der Waals surface area contributed by atoms with E-state index in [-0.39, 0.29) is 5.41 Å². The molecule has 0 aliphatic rings. The molecule has 100 valence electrons. The summed E-state index contributed by atoms with van der Waals surface area (Å²) < 4.78 is 0. The lowest BCUT2D eigenvalue weighted by Crippen LogP contribution is -2.10. The fourth-order valence-electron chi connectivity index (χ4n) is 2.39. The molecule has 0 amide bonds. The molecule has 0 fully saturated rings. The zero-order valence-electron chi connectivity index (χ0n) is 12.2. The molecule has 0 aliphatic heterocycles. The van der Waals surface area contributed by atoms with Gasteiger partial charge < -0.3 is 0 Å². The minimum atomic E-state index is 0.195. The third-order valence-corrected chi connectivity index (χ3v) is 3.67. The Morgan fingerprint density at radius 1 is 0.800 bits per heavy atom. The van der Waals surface area contributed by atoms with Crippen LogP contribution in [0.4, 0.5) is 0 Å². The largest absolute Gasteiger partial charge is 0.256 e. The highest BCUT2D eigenvalue weighted by molar-refractivity contribution is 5.83. The van der Waals surface area contributed by atoms with Crippen LogP contribution in [0.5, 0.6) is 0 Å². The van der Waals surface area contributed by atoms with Crippen LogP contribution in [0.15, 0.2) is 60.8 Å². The van der Waals surface area contributed by atoms with Gasteiger partial charge in [0.15, 0.2) is 0 Å². The average molecular weight is 261 g/mol. The lowest BCUT2D eigenvalue weighted by molar-refractivity contribution is 0.590. The van der Waals surface area contributed by atoms with Crippen molar-refractivity contribution in [1.29, 1.82) is 0 Å². The van der Waals surface area contributed by atoms with E-state index in [1.165, 1.54) is 22.1 Å². The molecule has 0 N–H and O–H groups in total. The molecule has 20 heavy (non-hydrogen) atoms. The van der Waals surface area contributed by atoms with Gasteiger partial charge in [0, 0.05) is 17.1 Å². The molecule has 3 rings (SSSR count). The summed E-state index contributed by atoms with van der Waals surface area (Å²) in [5, 5.41) is 1.19. The van der Waals surface area contributed by atoms with Crippen molar-refractivity contribution in [3.8, 4) is 11.1 Å². The van der Waals surface area contributed by atoms with E-state index >= 15 is 0 Å². The molecule has 1 aromatic heterocycles. The minimum absolute atomic E-state index is 0.195. The SMILES string of the molecule is CC(C)(C)c1ccc(-c2cnc3ccccc3c2)cc1. The van der Waals surface area contributed by atoms with Crippen LogP contribution < -0.4 is 0 Å². The van der Waals surface area contributed by atoms with Crippen LogP contribution in [0.1, 0.15) is 26.3 Å². The third kappa shape index (κ3) is 2.44. The third-order valence-electron chi connectivity index (χ3n) is 3.67. The molecule has 0 saturated heterocycles. The Kier molecular flexibility index (Phi) is 3.06. The Morgan fingerprint density at radius 3 is 2.20 bits per heavy atom. The summed E-state index contributed by atoms with van der Waals surface area (Å²) in [4.78, 5) is 4.53. The van der Waals surface area contributed by atoms with Gasteiger partial charge in [-0.3, -0.25) is 4.98 Å². The smallest absolute Gasteiger partial charge is 0.0702 e. The van der Waals surface area contributed by atoms with Gasteiger partial charge in [0.2, 0.25) is 0 Å². The maximum Gasteiger partial charge on any atom is 0.0702 e. The summed E-state index contributed by atoms with van der Waals surface area (Å²) in [6.45, 7) is 6.71. The Balaban J connectivity index is 2.02. The number of hydrogen-bond acceptors (Lipinski definition) is 1. The summed E-state index contributed by atoms with van der Waals surface area (Å²) in [6.07, 6.45) is 1.95. The van der Waals surface area contributed by atoms with Crippen molar-refractivity contribution in [2.75, 3.05) is 0 Å². The second kappa shape index (κ2) is 4.75. The quantitative estimate of drug-likeness (QED) is 0.586. The maximum atomic E-state index is 4.53. The lowest BCUT2D eigenvalue weighted by atomic mass is 9.86. The van der Waals surface area contributed by atoms with E-state index in [9.17, 15) is 0 Å². The molecule has 2 aromatic carbocycles. The van der Waals surface area contributed by atoms with Gasteiger partial charge in [0.1, 0.15) is 0 Å². The number of para-hydroxylation sites is 1.